The highest BCUT2D eigenvalue weighted by atomic mass is 19.1. The lowest BCUT2D eigenvalue weighted by Gasteiger charge is -2.22. The Kier molecular flexibility index (Phi) is 5.54. The number of rotatable bonds is 5. The molecule has 5 heteroatoms. The van der Waals surface area contributed by atoms with E-state index in [0.29, 0.717) is 5.69 Å². The van der Waals surface area contributed by atoms with Gasteiger partial charge in [0.05, 0.1) is 0 Å². The van der Waals surface area contributed by atoms with Crippen LogP contribution in [-0.4, -0.2) is 24.0 Å². The van der Waals surface area contributed by atoms with Crippen LogP contribution in [0, 0.1) is 11.7 Å². The Balaban J connectivity index is 1.54. The molecule has 0 spiro atoms. The third-order valence-corrected chi connectivity index (χ3v) is 4.43. The van der Waals surface area contributed by atoms with E-state index in [4.69, 9.17) is 0 Å². The molecule has 24 heavy (non-hydrogen) atoms. The third kappa shape index (κ3) is 4.38. The highest BCUT2D eigenvalue weighted by Crippen LogP contribution is 2.18. The van der Waals surface area contributed by atoms with E-state index < -0.39 is 11.7 Å². The molecule has 1 fully saturated rings. The maximum Gasteiger partial charge on any atom is 0.277 e. The van der Waals surface area contributed by atoms with Crippen molar-refractivity contribution in [2.45, 2.75) is 25.7 Å². The summed E-state index contributed by atoms with van der Waals surface area (Å²) in [6.45, 7) is 2.26. The molecular weight excluding hydrogens is 305 g/mol. The average Bonchev–Trinajstić information content (AvgIpc) is 2.62. The molecule has 0 aliphatic carbocycles. The molecule has 2 heterocycles. The van der Waals surface area contributed by atoms with Crippen LogP contribution in [0.15, 0.2) is 42.6 Å². The Bertz CT molecular complexity index is 681. The smallest absolute Gasteiger partial charge is 0.277 e. The number of aryl methyl sites for hydroxylation is 1. The number of hydrogen-bond donors (Lipinski definition) is 2. The monoisotopic (exact) mass is 327 g/mol. The fraction of sp³-hybridized carbons (Fsp3) is 0.368. The van der Waals surface area contributed by atoms with Crippen molar-refractivity contribution in [2.75, 3.05) is 18.4 Å². The molecule has 0 bridgehead atoms. The van der Waals surface area contributed by atoms with Crippen molar-refractivity contribution >= 4 is 11.6 Å². The fourth-order valence-electron chi connectivity index (χ4n) is 3.04. The van der Waals surface area contributed by atoms with E-state index in [1.165, 1.54) is 43.2 Å². The maximum atomic E-state index is 13.6. The largest absolute Gasteiger partial charge is 0.321 e. The van der Waals surface area contributed by atoms with Crippen molar-refractivity contribution < 1.29 is 9.18 Å². The zero-order valence-corrected chi connectivity index (χ0v) is 13.6. The lowest BCUT2D eigenvalue weighted by Crippen LogP contribution is -2.29. The van der Waals surface area contributed by atoms with Crippen LogP contribution >= 0.6 is 0 Å². The fourth-order valence-corrected chi connectivity index (χ4v) is 3.04. The standard InChI is InChI=1S/C19H22FN3O/c20-17-4-2-12-22-18(17)19(24)23-16-9-7-14(8-10-16)5-6-15-3-1-11-21-13-15/h2,4,7-10,12,15,21H,1,3,5-6,11,13H2,(H,23,24)/t15-/m0/s1. The van der Waals surface area contributed by atoms with Crippen LogP contribution in [0.2, 0.25) is 0 Å². The number of amides is 1. The Morgan fingerprint density at radius 3 is 2.83 bits per heavy atom. The number of nitrogens with zero attached hydrogens (tertiary/aromatic N) is 1. The van der Waals surface area contributed by atoms with Crippen LogP contribution < -0.4 is 10.6 Å². The van der Waals surface area contributed by atoms with Gasteiger partial charge in [0.15, 0.2) is 11.5 Å². The molecule has 0 saturated carbocycles. The SMILES string of the molecule is O=C(Nc1ccc(CC[C@@H]2CCCNC2)cc1)c1ncccc1F. The van der Waals surface area contributed by atoms with Crippen LogP contribution in [0.5, 0.6) is 0 Å². The van der Waals surface area contributed by atoms with E-state index in [1.807, 2.05) is 24.3 Å². The summed E-state index contributed by atoms with van der Waals surface area (Å²) in [4.78, 5) is 15.8. The molecule has 1 aromatic heterocycles. The molecule has 1 amide bonds. The number of pyridine rings is 1. The number of carbonyl (C=O) groups is 1. The molecule has 2 aromatic rings. The molecular formula is C19H22FN3O. The highest BCUT2D eigenvalue weighted by molar-refractivity contribution is 6.02. The van der Waals surface area contributed by atoms with Gasteiger partial charge in [0.2, 0.25) is 0 Å². The average molecular weight is 327 g/mol. The van der Waals surface area contributed by atoms with Gasteiger partial charge in [-0.05, 0) is 74.5 Å². The van der Waals surface area contributed by atoms with Gasteiger partial charge in [-0.3, -0.25) is 4.79 Å². The second-order valence-electron chi connectivity index (χ2n) is 6.24. The van der Waals surface area contributed by atoms with Crippen LogP contribution in [-0.2, 0) is 6.42 Å². The summed E-state index contributed by atoms with van der Waals surface area (Å²) in [7, 11) is 0. The minimum Gasteiger partial charge on any atom is -0.321 e. The highest BCUT2D eigenvalue weighted by Gasteiger charge is 2.14. The van der Waals surface area contributed by atoms with Crippen LogP contribution in [0.25, 0.3) is 0 Å². The molecule has 126 valence electrons. The van der Waals surface area contributed by atoms with Crippen molar-refractivity contribution in [3.63, 3.8) is 0 Å². The number of carbonyl (C=O) groups excluding carboxylic acids is 1. The molecule has 1 aromatic carbocycles. The zero-order chi connectivity index (χ0) is 16.8. The summed E-state index contributed by atoms with van der Waals surface area (Å²) in [6, 6.07) is 10.4. The summed E-state index contributed by atoms with van der Waals surface area (Å²) in [5.74, 6) is -0.396. The first kappa shape index (κ1) is 16.6. The number of benzene rings is 1. The van der Waals surface area contributed by atoms with Gasteiger partial charge < -0.3 is 10.6 Å². The predicted octanol–water partition coefficient (Wildman–Crippen LogP) is 3.41. The first-order valence-corrected chi connectivity index (χ1v) is 8.44. The molecule has 1 aliphatic rings. The first-order valence-electron chi connectivity index (χ1n) is 8.44. The summed E-state index contributed by atoms with van der Waals surface area (Å²) in [5.41, 5.74) is 1.71. The molecule has 0 radical (unpaired) electrons. The van der Waals surface area contributed by atoms with Gasteiger partial charge in [0, 0.05) is 11.9 Å². The van der Waals surface area contributed by atoms with Gasteiger partial charge in [-0.25, -0.2) is 9.37 Å². The summed E-state index contributed by atoms with van der Waals surface area (Å²) in [5, 5.41) is 6.12. The van der Waals surface area contributed by atoms with Crippen LogP contribution in [0.4, 0.5) is 10.1 Å². The number of aromatic nitrogens is 1. The molecule has 0 unspecified atom stereocenters. The number of hydrogen-bond acceptors (Lipinski definition) is 3. The van der Waals surface area contributed by atoms with Crippen molar-refractivity contribution in [3.8, 4) is 0 Å². The molecule has 3 rings (SSSR count). The molecule has 1 aliphatic heterocycles. The van der Waals surface area contributed by atoms with Crippen LogP contribution in [0.3, 0.4) is 0 Å². The van der Waals surface area contributed by atoms with Crippen molar-refractivity contribution in [2.24, 2.45) is 5.92 Å². The molecule has 4 nitrogen and oxygen atoms in total. The molecule has 2 N–H and O–H groups in total. The zero-order valence-electron chi connectivity index (χ0n) is 13.6. The topological polar surface area (TPSA) is 54.0 Å². The van der Waals surface area contributed by atoms with E-state index in [-0.39, 0.29) is 5.69 Å². The Morgan fingerprint density at radius 2 is 2.12 bits per heavy atom. The van der Waals surface area contributed by atoms with Crippen molar-refractivity contribution in [3.05, 3.63) is 59.7 Å². The Labute approximate surface area is 141 Å². The molecule has 1 atom stereocenters. The number of nitrogens with one attached hydrogen (secondary N) is 2. The summed E-state index contributed by atoms with van der Waals surface area (Å²) >= 11 is 0. The normalized spacial score (nSPS) is 17.5. The second-order valence-corrected chi connectivity index (χ2v) is 6.24. The van der Waals surface area contributed by atoms with Gasteiger partial charge in [0.1, 0.15) is 0 Å². The quantitative estimate of drug-likeness (QED) is 0.885. The van der Waals surface area contributed by atoms with E-state index in [0.717, 1.165) is 25.4 Å². The van der Waals surface area contributed by atoms with Crippen LogP contribution in [0.1, 0.15) is 35.3 Å². The first-order chi connectivity index (χ1) is 11.7. The van der Waals surface area contributed by atoms with E-state index >= 15 is 0 Å². The number of halogens is 1. The Hall–Kier alpha value is -2.27. The second kappa shape index (κ2) is 8.02. The van der Waals surface area contributed by atoms with Gasteiger partial charge in [-0.1, -0.05) is 12.1 Å². The van der Waals surface area contributed by atoms with Gasteiger partial charge in [0.25, 0.3) is 5.91 Å². The molecule has 1 saturated heterocycles. The van der Waals surface area contributed by atoms with Gasteiger partial charge >= 0.3 is 0 Å². The van der Waals surface area contributed by atoms with E-state index in [2.05, 4.69) is 15.6 Å². The van der Waals surface area contributed by atoms with Gasteiger partial charge in [-0.15, -0.1) is 0 Å². The number of piperidine rings is 1. The summed E-state index contributed by atoms with van der Waals surface area (Å²) < 4.78 is 13.6. The minimum atomic E-state index is -0.618. The summed E-state index contributed by atoms with van der Waals surface area (Å²) in [6.07, 6.45) is 6.19. The Morgan fingerprint density at radius 1 is 1.29 bits per heavy atom. The van der Waals surface area contributed by atoms with E-state index in [1.54, 1.807) is 0 Å². The van der Waals surface area contributed by atoms with Gasteiger partial charge in [-0.2, -0.15) is 0 Å². The minimum absolute atomic E-state index is 0.189. The van der Waals surface area contributed by atoms with E-state index in [9.17, 15) is 9.18 Å². The van der Waals surface area contributed by atoms with Crippen molar-refractivity contribution in [1.82, 2.24) is 10.3 Å². The third-order valence-electron chi connectivity index (χ3n) is 4.43. The number of anilines is 1. The maximum absolute atomic E-state index is 13.6. The lowest BCUT2D eigenvalue weighted by atomic mass is 9.93. The van der Waals surface area contributed by atoms with Crippen molar-refractivity contribution in [1.29, 1.82) is 0 Å². The lowest BCUT2D eigenvalue weighted by molar-refractivity contribution is 0.101. The predicted molar refractivity (Wildman–Crippen MR) is 92.5 cm³/mol.